The normalized spacial score (nSPS) is 17.5. The molecule has 0 saturated carbocycles. The Morgan fingerprint density at radius 2 is 1.61 bits per heavy atom. The summed E-state index contributed by atoms with van der Waals surface area (Å²) in [5.74, 6) is -1.35. The van der Waals surface area contributed by atoms with Crippen LogP contribution in [0, 0.1) is 0 Å². The summed E-state index contributed by atoms with van der Waals surface area (Å²) >= 11 is 0. The summed E-state index contributed by atoms with van der Waals surface area (Å²) in [6.07, 6.45) is -4.75. The molecule has 1 heterocycles. The molecule has 3 rings (SSSR count). The number of benzene rings is 2. The molecule has 2 aromatic rings. The third kappa shape index (κ3) is 4.72. The second-order valence-electron chi connectivity index (χ2n) is 8.29. The van der Waals surface area contributed by atoms with Crippen LogP contribution in [0.2, 0.25) is 0 Å². The lowest BCUT2D eigenvalue weighted by Crippen LogP contribution is -2.41. The first-order valence-electron chi connectivity index (χ1n) is 9.71. The zero-order valence-corrected chi connectivity index (χ0v) is 18.0. The van der Waals surface area contributed by atoms with Crippen LogP contribution in [0.25, 0.3) is 0 Å². The lowest BCUT2D eigenvalue weighted by atomic mass is 9.75. The Morgan fingerprint density at radius 1 is 1.03 bits per heavy atom. The van der Waals surface area contributed by atoms with E-state index in [2.05, 4.69) is 0 Å². The van der Waals surface area contributed by atoms with Crippen LogP contribution in [-0.2, 0) is 26.8 Å². The van der Waals surface area contributed by atoms with Crippen molar-refractivity contribution < 1.29 is 36.7 Å². The monoisotopic (exact) mass is 436 g/mol. The largest absolute Gasteiger partial charge is 0.495 e. The molecule has 1 aliphatic rings. The standard InChI is InChI=1S/C22H24BF3O5/c1-20(2)21(3,4)31-23(30-20)17-12-18(29-13-14-9-7-6-8-10-14)16(22(24,25)26)11-15(17)19(27)28-5/h6-12H,13H2,1-5H3. The predicted molar refractivity (Wildman–Crippen MR) is 109 cm³/mol. The molecule has 0 N–H and O–H groups in total. The molecule has 0 radical (unpaired) electrons. The molecular formula is C22H24BF3O5. The van der Waals surface area contributed by atoms with Crippen LogP contribution >= 0.6 is 0 Å². The first kappa shape index (κ1) is 23.2. The van der Waals surface area contributed by atoms with Gasteiger partial charge in [0.15, 0.2) is 0 Å². The fourth-order valence-electron chi connectivity index (χ4n) is 3.12. The number of ether oxygens (including phenoxy) is 2. The molecule has 166 valence electrons. The maximum absolute atomic E-state index is 13.8. The summed E-state index contributed by atoms with van der Waals surface area (Å²) in [6, 6.07) is 10.7. The molecule has 0 spiro atoms. The van der Waals surface area contributed by atoms with Gasteiger partial charge in [-0.05, 0) is 45.4 Å². The average Bonchev–Trinajstić information content (AvgIpc) is 2.92. The van der Waals surface area contributed by atoms with Gasteiger partial charge in [-0.25, -0.2) is 4.79 Å². The summed E-state index contributed by atoms with van der Waals surface area (Å²) in [6.45, 7) is 7.15. The van der Waals surface area contributed by atoms with Gasteiger partial charge in [0.2, 0.25) is 0 Å². The smallest absolute Gasteiger partial charge is 0.488 e. The van der Waals surface area contributed by atoms with Crippen molar-refractivity contribution in [2.75, 3.05) is 7.11 Å². The SMILES string of the molecule is COC(=O)c1cc(C(F)(F)F)c(OCc2ccccc2)cc1B1OC(C)(C)C(C)(C)O1. The Hall–Kier alpha value is -2.52. The fraction of sp³-hybridized carbons (Fsp3) is 0.409. The molecule has 1 saturated heterocycles. The van der Waals surface area contributed by atoms with Crippen LogP contribution in [-0.4, -0.2) is 31.4 Å². The van der Waals surface area contributed by atoms with E-state index in [0.29, 0.717) is 5.56 Å². The lowest BCUT2D eigenvalue weighted by molar-refractivity contribution is -0.139. The van der Waals surface area contributed by atoms with Crippen molar-refractivity contribution in [3.63, 3.8) is 0 Å². The lowest BCUT2D eigenvalue weighted by Gasteiger charge is -2.32. The Kier molecular flexibility index (Phi) is 6.13. The highest BCUT2D eigenvalue weighted by Gasteiger charge is 2.53. The molecule has 2 aromatic carbocycles. The van der Waals surface area contributed by atoms with Gasteiger partial charge >= 0.3 is 19.3 Å². The molecule has 5 nitrogen and oxygen atoms in total. The maximum Gasteiger partial charge on any atom is 0.495 e. The molecule has 1 fully saturated rings. The minimum atomic E-state index is -4.75. The number of methoxy groups -OCH3 is 1. The number of alkyl halides is 3. The number of rotatable bonds is 5. The topological polar surface area (TPSA) is 54.0 Å². The molecule has 0 bridgehead atoms. The third-order valence-electron chi connectivity index (χ3n) is 5.61. The molecule has 9 heteroatoms. The second kappa shape index (κ2) is 8.20. The first-order chi connectivity index (χ1) is 14.4. The Bertz CT molecular complexity index is 942. The minimum Gasteiger partial charge on any atom is -0.488 e. The van der Waals surface area contributed by atoms with Gasteiger partial charge in [0, 0.05) is 5.46 Å². The van der Waals surface area contributed by atoms with Gasteiger partial charge in [-0.15, -0.1) is 0 Å². The fourth-order valence-corrected chi connectivity index (χ4v) is 3.12. The summed E-state index contributed by atoms with van der Waals surface area (Å²) < 4.78 is 63.5. The number of hydrogen-bond donors (Lipinski definition) is 0. The highest BCUT2D eigenvalue weighted by Crippen LogP contribution is 2.40. The van der Waals surface area contributed by atoms with E-state index in [0.717, 1.165) is 19.2 Å². The molecule has 31 heavy (non-hydrogen) atoms. The summed E-state index contributed by atoms with van der Waals surface area (Å²) in [5.41, 5.74) is -2.06. The number of carbonyl (C=O) groups is 1. The number of esters is 1. The van der Waals surface area contributed by atoms with Gasteiger partial charge in [0.05, 0.1) is 29.4 Å². The van der Waals surface area contributed by atoms with Crippen LogP contribution in [0.1, 0.15) is 49.2 Å². The van der Waals surface area contributed by atoms with E-state index < -0.39 is 41.8 Å². The van der Waals surface area contributed by atoms with Gasteiger partial charge in [0.25, 0.3) is 0 Å². The first-order valence-corrected chi connectivity index (χ1v) is 9.71. The number of halogens is 3. The van der Waals surface area contributed by atoms with Crippen molar-refractivity contribution >= 4 is 18.6 Å². The molecule has 0 aliphatic carbocycles. The van der Waals surface area contributed by atoms with Crippen molar-refractivity contribution in [2.24, 2.45) is 0 Å². The zero-order chi connectivity index (χ0) is 23.0. The average molecular weight is 436 g/mol. The van der Waals surface area contributed by atoms with Gasteiger partial charge in [-0.2, -0.15) is 13.2 Å². The van der Waals surface area contributed by atoms with Crippen LogP contribution in [0.5, 0.6) is 5.75 Å². The summed E-state index contributed by atoms with van der Waals surface area (Å²) in [4.78, 5) is 12.3. The predicted octanol–water partition coefficient (Wildman–Crippen LogP) is 4.37. The van der Waals surface area contributed by atoms with E-state index >= 15 is 0 Å². The van der Waals surface area contributed by atoms with Crippen molar-refractivity contribution in [1.29, 1.82) is 0 Å². The third-order valence-corrected chi connectivity index (χ3v) is 5.61. The van der Waals surface area contributed by atoms with Crippen molar-refractivity contribution in [3.05, 3.63) is 59.2 Å². The molecule has 0 amide bonds. The van der Waals surface area contributed by atoms with Crippen LogP contribution < -0.4 is 10.2 Å². The van der Waals surface area contributed by atoms with E-state index in [4.69, 9.17) is 18.8 Å². The van der Waals surface area contributed by atoms with E-state index in [1.807, 2.05) is 27.7 Å². The van der Waals surface area contributed by atoms with Gasteiger partial charge in [0.1, 0.15) is 12.4 Å². The van der Waals surface area contributed by atoms with E-state index in [9.17, 15) is 18.0 Å². The highest BCUT2D eigenvalue weighted by molar-refractivity contribution is 6.63. The Balaban J connectivity index is 2.09. The van der Waals surface area contributed by atoms with E-state index in [-0.39, 0.29) is 17.6 Å². The highest BCUT2D eigenvalue weighted by atomic mass is 19.4. The van der Waals surface area contributed by atoms with E-state index in [1.54, 1.807) is 30.3 Å². The van der Waals surface area contributed by atoms with E-state index in [1.165, 1.54) is 0 Å². The van der Waals surface area contributed by atoms with Gasteiger partial charge in [-0.3, -0.25) is 0 Å². The molecule has 0 unspecified atom stereocenters. The van der Waals surface area contributed by atoms with Gasteiger partial charge in [-0.1, -0.05) is 30.3 Å². The number of carbonyl (C=O) groups excluding carboxylic acids is 1. The summed E-state index contributed by atoms with van der Waals surface area (Å²) in [7, 11) is 0.0316. The minimum absolute atomic E-state index is 0.0791. The Morgan fingerprint density at radius 3 is 2.13 bits per heavy atom. The van der Waals surface area contributed by atoms with Crippen molar-refractivity contribution in [3.8, 4) is 5.75 Å². The second-order valence-corrected chi connectivity index (χ2v) is 8.29. The maximum atomic E-state index is 13.8. The molecule has 0 aromatic heterocycles. The molecule has 1 aliphatic heterocycles. The van der Waals surface area contributed by atoms with Crippen molar-refractivity contribution in [1.82, 2.24) is 0 Å². The Labute approximate surface area is 179 Å². The molecular weight excluding hydrogens is 412 g/mol. The van der Waals surface area contributed by atoms with Crippen molar-refractivity contribution in [2.45, 2.75) is 51.7 Å². The van der Waals surface area contributed by atoms with Crippen LogP contribution in [0.15, 0.2) is 42.5 Å². The molecule has 0 atom stereocenters. The zero-order valence-electron chi connectivity index (χ0n) is 18.0. The quantitative estimate of drug-likeness (QED) is 0.515. The van der Waals surface area contributed by atoms with Crippen LogP contribution in [0.4, 0.5) is 13.2 Å². The van der Waals surface area contributed by atoms with Crippen LogP contribution in [0.3, 0.4) is 0 Å². The summed E-state index contributed by atoms with van der Waals surface area (Å²) in [5, 5.41) is 0. The number of hydrogen-bond acceptors (Lipinski definition) is 5. The van der Waals surface area contributed by atoms with Gasteiger partial charge < -0.3 is 18.8 Å².